The zero-order chi connectivity index (χ0) is 9.84. The van der Waals surface area contributed by atoms with Crippen molar-refractivity contribution >= 4 is 18.6 Å². The van der Waals surface area contributed by atoms with Crippen LogP contribution in [0.1, 0.15) is 21.5 Å². The van der Waals surface area contributed by atoms with Gasteiger partial charge in [0.15, 0.2) is 0 Å². The molecule has 3 heteroatoms. The lowest BCUT2D eigenvalue weighted by atomic mass is 10.1. The van der Waals surface area contributed by atoms with Gasteiger partial charge in [-0.15, -0.1) is 12.6 Å². The van der Waals surface area contributed by atoms with Crippen LogP contribution in [-0.2, 0) is 4.74 Å². The highest BCUT2D eigenvalue weighted by atomic mass is 32.1. The molecule has 0 fully saturated rings. The number of carbonyl (C=O) groups excluding carboxylic acids is 1. The average Bonchev–Trinajstić information content (AvgIpc) is 2.09. The van der Waals surface area contributed by atoms with Crippen molar-refractivity contribution in [1.82, 2.24) is 0 Å². The van der Waals surface area contributed by atoms with Crippen LogP contribution >= 0.6 is 12.6 Å². The van der Waals surface area contributed by atoms with Crippen LogP contribution in [-0.4, -0.2) is 11.9 Å². The summed E-state index contributed by atoms with van der Waals surface area (Å²) in [5.41, 5.74) is 2.60. The summed E-state index contributed by atoms with van der Waals surface area (Å²) in [4.78, 5) is 11.3. The summed E-state index contributed by atoms with van der Waals surface area (Å²) in [5.74, 6) is -0.192. The smallest absolute Gasteiger partial charge is 0.339 e. The summed E-state index contributed by atoms with van der Waals surface area (Å²) in [6.45, 7) is 3.82. The molecule has 0 aliphatic carbocycles. The highest BCUT2D eigenvalue weighted by Gasteiger charge is 2.09. The van der Waals surface area contributed by atoms with Crippen molar-refractivity contribution in [3.05, 3.63) is 34.9 Å². The predicted octanol–water partition coefficient (Wildman–Crippen LogP) is 2.35. The Bertz CT molecular complexity index is 321. The highest BCUT2D eigenvalue weighted by Crippen LogP contribution is 2.11. The Kier molecular flexibility index (Phi) is 3.37. The minimum absolute atomic E-state index is 0.117. The quantitative estimate of drug-likeness (QED) is 0.446. The van der Waals surface area contributed by atoms with E-state index in [1.165, 1.54) is 0 Å². The van der Waals surface area contributed by atoms with Crippen LogP contribution in [0.15, 0.2) is 18.2 Å². The molecule has 0 spiro atoms. The molecule has 0 aliphatic heterocycles. The molecule has 70 valence electrons. The Balaban J connectivity index is 2.99. The minimum atomic E-state index is -0.309. The first kappa shape index (κ1) is 10.1. The van der Waals surface area contributed by atoms with Gasteiger partial charge in [-0.25, -0.2) is 4.79 Å². The highest BCUT2D eigenvalue weighted by molar-refractivity contribution is 7.80. The van der Waals surface area contributed by atoms with Gasteiger partial charge in [-0.1, -0.05) is 17.7 Å². The van der Waals surface area contributed by atoms with Crippen molar-refractivity contribution in [1.29, 1.82) is 0 Å². The molecular weight excluding hydrogens is 184 g/mol. The Morgan fingerprint density at radius 1 is 1.46 bits per heavy atom. The summed E-state index contributed by atoms with van der Waals surface area (Å²) < 4.78 is 4.79. The van der Waals surface area contributed by atoms with Gasteiger partial charge in [0, 0.05) is 0 Å². The van der Waals surface area contributed by atoms with Crippen LogP contribution in [0, 0.1) is 13.8 Å². The fourth-order valence-electron chi connectivity index (χ4n) is 1.09. The minimum Gasteiger partial charge on any atom is -0.451 e. The number of hydrogen-bond acceptors (Lipinski definition) is 3. The van der Waals surface area contributed by atoms with E-state index >= 15 is 0 Å². The van der Waals surface area contributed by atoms with Gasteiger partial charge in [0.05, 0.1) is 5.56 Å². The molecule has 0 heterocycles. The number of benzene rings is 1. The largest absolute Gasteiger partial charge is 0.451 e. The second-order valence-electron chi connectivity index (χ2n) is 2.88. The number of ether oxygens (including phenoxy) is 1. The normalized spacial score (nSPS) is 9.77. The molecule has 0 saturated carbocycles. The van der Waals surface area contributed by atoms with E-state index in [0.29, 0.717) is 5.56 Å². The van der Waals surface area contributed by atoms with E-state index in [-0.39, 0.29) is 11.9 Å². The van der Waals surface area contributed by atoms with E-state index in [4.69, 9.17) is 4.74 Å². The third-order valence-corrected chi connectivity index (χ3v) is 1.94. The van der Waals surface area contributed by atoms with Crippen LogP contribution in [0.2, 0.25) is 0 Å². The molecule has 1 aromatic carbocycles. The number of thiol groups is 1. The maximum Gasteiger partial charge on any atom is 0.339 e. The topological polar surface area (TPSA) is 26.3 Å². The molecule has 0 bridgehead atoms. The van der Waals surface area contributed by atoms with Crippen molar-refractivity contribution in [2.75, 3.05) is 5.94 Å². The molecule has 0 atom stereocenters. The van der Waals surface area contributed by atoms with Crippen LogP contribution < -0.4 is 0 Å². The summed E-state index contributed by atoms with van der Waals surface area (Å²) in [6.07, 6.45) is 0. The molecule has 1 rings (SSSR count). The van der Waals surface area contributed by atoms with Gasteiger partial charge in [-0.2, -0.15) is 0 Å². The second-order valence-corrected chi connectivity index (χ2v) is 3.14. The summed E-state index contributed by atoms with van der Waals surface area (Å²) in [6, 6.07) is 5.69. The Morgan fingerprint density at radius 2 is 2.15 bits per heavy atom. The fourth-order valence-corrected chi connectivity index (χ4v) is 1.21. The summed E-state index contributed by atoms with van der Waals surface area (Å²) in [7, 11) is 0. The second kappa shape index (κ2) is 4.33. The molecule has 2 nitrogen and oxygen atoms in total. The molecule has 0 unspecified atom stereocenters. The zero-order valence-corrected chi connectivity index (χ0v) is 8.60. The van der Waals surface area contributed by atoms with E-state index in [0.717, 1.165) is 11.1 Å². The van der Waals surface area contributed by atoms with Crippen molar-refractivity contribution in [3.63, 3.8) is 0 Å². The molecule has 0 radical (unpaired) electrons. The maximum absolute atomic E-state index is 11.3. The van der Waals surface area contributed by atoms with Gasteiger partial charge in [-0.05, 0) is 25.5 Å². The van der Waals surface area contributed by atoms with Crippen molar-refractivity contribution in [2.45, 2.75) is 13.8 Å². The third-order valence-electron chi connectivity index (χ3n) is 1.81. The van der Waals surface area contributed by atoms with E-state index in [1.807, 2.05) is 32.0 Å². The number of esters is 1. The number of carbonyl (C=O) groups is 1. The van der Waals surface area contributed by atoms with Crippen LogP contribution in [0.5, 0.6) is 0 Å². The third kappa shape index (κ3) is 2.49. The number of hydrogen-bond donors (Lipinski definition) is 1. The predicted molar refractivity (Wildman–Crippen MR) is 55.2 cm³/mol. The first-order chi connectivity index (χ1) is 6.15. The molecule has 0 saturated heterocycles. The zero-order valence-electron chi connectivity index (χ0n) is 7.70. The SMILES string of the molecule is Cc1ccc(C)c(C(=O)OCS)c1. The van der Waals surface area contributed by atoms with Crippen molar-refractivity contribution in [2.24, 2.45) is 0 Å². The van der Waals surface area contributed by atoms with Crippen LogP contribution in [0.4, 0.5) is 0 Å². The standard InChI is InChI=1S/C10H12O2S/c1-7-3-4-8(2)9(5-7)10(11)12-6-13/h3-5,13H,6H2,1-2H3. The lowest BCUT2D eigenvalue weighted by Crippen LogP contribution is -2.05. The fraction of sp³-hybridized carbons (Fsp3) is 0.300. The van der Waals surface area contributed by atoms with Gasteiger partial charge in [0.1, 0.15) is 5.94 Å². The van der Waals surface area contributed by atoms with Crippen molar-refractivity contribution < 1.29 is 9.53 Å². The Labute approximate surface area is 83.3 Å². The Morgan fingerprint density at radius 3 is 2.77 bits per heavy atom. The van der Waals surface area contributed by atoms with Gasteiger partial charge >= 0.3 is 5.97 Å². The lowest BCUT2D eigenvalue weighted by Gasteiger charge is -2.05. The first-order valence-corrected chi connectivity index (χ1v) is 4.63. The van der Waals surface area contributed by atoms with Crippen LogP contribution in [0.25, 0.3) is 0 Å². The number of aryl methyl sites for hydroxylation is 2. The van der Waals surface area contributed by atoms with E-state index in [1.54, 1.807) is 0 Å². The molecule has 13 heavy (non-hydrogen) atoms. The van der Waals surface area contributed by atoms with Gasteiger partial charge in [-0.3, -0.25) is 0 Å². The van der Waals surface area contributed by atoms with E-state index in [9.17, 15) is 4.79 Å². The van der Waals surface area contributed by atoms with Gasteiger partial charge < -0.3 is 4.74 Å². The molecule has 0 amide bonds. The molecule has 1 aromatic rings. The monoisotopic (exact) mass is 196 g/mol. The summed E-state index contributed by atoms with van der Waals surface area (Å²) >= 11 is 3.83. The van der Waals surface area contributed by atoms with Gasteiger partial charge in [0.25, 0.3) is 0 Å². The van der Waals surface area contributed by atoms with E-state index < -0.39 is 0 Å². The maximum atomic E-state index is 11.3. The van der Waals surface area contributed by atoms with Gasteiger partial charge in [0.2, 0.25) is 0 Å². The van der Waals surface area contributed by atoms with Crippen molar-refractivity contribution in [3.8, 4) is 0 Å². The number of rotatable bonds is 2. The molecule has 0 aromatic heterocycles. The molecular formula is C10H12O2S. The first-order valence-electron chi connectivity index (χ1n) is 4.00. The molecule has 0 aliphatic rings. The Hall–Kier alpha value is -0.960. The molecule has 0 N–H and O–H groups in total. The van der Waals surface area contributed by atoms with E-state index in [2.05, 4.69) is 12.6 Å². The average molecular weight is 196 g/mol. The van der Waals surface area contributed by atoms with Crippen LogP contribution in [0.3, 0.4) is 0 Å². The lowest BCUT2D eigenvalue weighted by molar-refractivity contribution is 0.0580. The summed E-state index contributed by atoms with van der Waals surface area (Å²) in [5, 5.41) is 0.